The zero-order valence-electron chi connectivity index (χ0n) is 11.6. The van der Waals surface area contributed by atoms with Crippen molar-refractivity contribution < 1.29 is 50.4 Å². The van der Waals surface area contributed by atoms with E-state index in [0.717, 1.165) is 0 Å². The van der Waals surface area contributed by atoms with Crippen molar-refractivity contribution in [1.29, 1.82) is 0 Å². The van der Waals surface area contributed by atoms with Crippen molar-refractivity contribution in [1.82, 2.24) is 0 Å². The molecule has 2 rings (SSSR count). The van der Waals surface area contributed by atoms with E-state index in [2.05, 4.69) is 48.1 Å². The van der Waals surface area contributed by atoms with Crippen LogP contribution >= 0.6 is 0 Å². The van der Waals surface area contributed by atoms with Crippen molar-refractivity contribution in [2.24, 2.45) is 5.92 Å². The van der Waals surface area contributed by atoms with E-state index >= 15 is 0 Å². The molecular formula is C15H18Cl2OTi. The molecule has 1 aliphatic rings. The molecule has 4 heteroatoms. The van der Waals surface area contributed by atoms with Gasteiger partial charge in [-0.1, -0.05) is 30.3 Å². The molecule has 0 spiro atoms. The largest absolute Gasteiger partial charge is 1.00 e. The predicted octanol–water partition coefficient (Wildman–Crippen LogP) is -2.44. The average Bonchev–Trinajstić information content (AvgIpc) is 2.49. The normalized spacial score (nSPS) is 17.3. The van der Waals surface area contributed by atoms with Gasteiger partial charge < -0.3 is 29.9 Å². The van der Waals surface area contributed by atoms with E-state index in [1.54, 1.807) is 21.6 Å². The first kappa shape index (κ1) is 21.1. The third kappa shape index (κ3) is 5.75. The molecule has 1 aromatic rings. The second-order valence-electron chi connectivity index (χ2n) is 4.38. The quantitative estimate of drug-likeness (QED) is 0.484. The molecule has 0 bridgehead atoms. The summed E-state index contributed by atoms with van der Waals surface area (Å²) in [4.78, 5) is 0. The van der Waals surface area contributed by atoms with Crippen LogP contribution in [0.1, 0.15) is 27.7 Å². The summed E-state index contributed by atoms with van der Waals surface area (Å²) in [6, 6.07) is 8.33. The van der Waals surface area contributed by atoms with Crippen LogP contribution < -0.4 is 29.9 Å². The minimum Gasteiger partial charge on any atom is -1.00 e. The Morgan fingerprint density at radius 2 is 1.42 bits per heavy atom. The topological polar surface area (TPSA) is 23.1 Å². The fourth-order valence-electron chi connectivity index (χ4n) is 1.78. The van der Waals surface area contributed by atoms with E-state index < -0.39 is 0 Å². The number of hydrogen-bond acceptors (Lipinski definition) is 1. The van der Waals surface area contributed by atoms with Gasteiger partial charge in [0.05, 0.1) is 0 Å². The summed E-state index contributed by atoms with van der Waals surface area (Å²) in [6.07, 6.45) is 0. The zero-order valence-corrected chi connectivity index (χ0v) is 14.7. The first-order chi connectivity index (χ1) is 7.95. The molecule has 0 radical (unpaired) electrons. The molecule has 1 unspecified atom stereocenters. The van der Waals surface area contributed by atoms with Crippen molar-refractivity contribution in [2.75, 3.05) is 0 Å². The fourth-order valence-corrected chi connectivity index (χ4v) is 2.42. The Balaban J connectivity index is 0. The first-order valence-corrected chi connectivity index (χ1v) is 6.55. The molecule has 0 fully saturated rings. The number of hydrogen-bond donors (Lipinski definition) is 0. The minimum atomic E-state index is 0. The van der Waals surface area contributed by atoms with Crippen LogP contribution in [0.3, 0.4) is 0 Å². The third-order valence-corrected chi connectivity index (χ3v) is 4.65. The van der Waals surface area contributed by atoms with Gasteiger partial charge >= 0.3 is 74.6 Å². The number of halogens is 2. The predicted molar refractivity (Wildman–Crippen MR) is 66.1 cm³/mol. The van der Waals surface area contributed by atoms with Gasteiger partial charge in [0.2, 0.25) is 0 Å². The Kier molecular flexibility index (Phi) is 10.7. The molecule has 19 heavy (non-hydrogen) atoms. The van der Waals surface area contributed by atoms with Crippen LogP contribution in [0.25, 0.3) is 0 Å². The smallest absolute Gasteiger partial charge is 0.0623 e. The minimum absolute atomic E-state index is 0. The second-order valence-corrected chi connectivity index (χ2v) is 5.22. The van der Waals surface area contributed by atoms with Gasteiger partial charge in [-0.05, 0) is 0 Å². The maximum absolute atomic E-state index is 10.3. The molecule has 0 saturated heterocycles. The van der Waals surface area contributed by atoms with Gasteiger partial charge in [-0.15, -0.1) is 5.75 Å². The van der Waals surface area contributed by atoms with Crippen molar-refractivity contribution in [3.8, 4) is 5.75 Å². The van der Waals surface area contributed by atoms with Gasteiger partial charge in [-0.25, -0.2) is 0 Å². The molecule has 0 saturated carbocycles. The summed E-state index contributed by atoms with van der Waals surface area (Å²) in [5.41, 5.74) is 4.56. The van der Waals surface area contributed by atoms with Crippen molar-refractivity contribution >= 4 is 0 Å². The summed E-state index contributed by atoms with van der Waals surface area (Å²) in [5, 5.41) is 10.3. The standard InChI is InChI=1S/C9H13.C6H6O.2ClH.Ti/c1-6-5-7(2)9(4)8(6)3;7-6-4-2-1-3-5-6;;;/h6H,1-4H3;1-5,7H;2*1H;/q;;;;+3/p-3. The van der Waals surface area contributed by atoms with Gasteiger partial charge in [0.1, 0.15) is 0 Å². The molecule has 102 valence electrons. The van der Waals surface area contributed by atoms with Crippen LogP contribution in [-0.2, 0) is 20.4 Å². The monoisotopic (exact) mass is 332 g/mol. The Bertz CT molecular complexity index is 428. The van der Waals surface area contributed by atoms with E-state index in [9.17, 15) is 5.11 Å². The summed E-state index contributed by atoms with van der Waals surface area (Å²) >= 11 is 2.24. The van der Waals surface area contributed by atoms with Gasteiger partial charge in [-0.3, -0.25) is 0 Å². The maximum atomic E-state index is 10.3. The van der Waals surface area contributed by atoms with Crippen molar-refractivity contribution in [2.45, 2.75) is 27.7 Å². The molecule has 1 aromatic carbocycles. The number of benzene rings is 1. The van der Waals surface area contributed by atoms with Crippen LogP contribution in [0.2, 0.25) is 0 Å². The molecule has 0 N–H and O–H groups in total. The van der Waals surface area contributed by atoms with E-state index in [1.165, 1.54) is 23.3 Å². The molecule has 0 heterocycles. The molecular weight excluding hydrogens is 315 g/mol. The Labute approximate surface area is 140 Å². The average molecular weight is 333 g/mol. The van der Waals surface area contributed by atoms with Gasteiger partial charge in [0, 0.05) is 0 Å². The number of para-hydroxylation sites is 1. The van der Waals surface area contributed by atoms with Gasteiger partial charge in [-0.2, -0.15) is 0 Å². The second kappa shape index (κ2) is 9.66. The Hall–Kier alpha value is -0.206. The molecule has 1 aliphatic carbocycles. The Morgan fingerprint density at radius 1 is 0.947 bits per heavy atom. The van der Waals surface area contributed by atoms with E-state index in [0.29, 0.717) is 5.92 Å². The first-order valence-electron chi connectivity index (χ1n) is 5.77. The number of rotatable bonds is 0. The SMILES string of the molecule is CC1=C(C)C(C)[C]([Ti+3])=C1C.[Cl-].[Cl-].[O-]c1ccccc1. The van der Waals surface area contributed by atoms with Crippen LogP contribution in [-0.4, -0.2) is 0 Å². The van der Waals surface area contributed by atoms with Crippen LogP contribution in [0, 0.1) is 5.92 Å². The molecule has 0 aliphatic heterocycles. The van der Waals surface area contributed by atoms with Crippen molar-refractivity contribution in [3.63, 3.8) is 0 Å². The van der Waals surface area contributed by atoms with E-state index in [4.69, 9.17) is 0 Å². The van der Waals surface area contributed by atoms with Gasteiger partial charge in [0.25, 0.3) is 0 Å². The summed E-state index contributed by atoms with van der Waals surface area (Å²) < 4.78 is 1.55. The van der Waals surface area contributed by atoms with Crippen LogP contribution in [0.15, 0.2) is 50.9 Å². The summed E-state index contributed by atoms with van der Waals surface area (Å²) in [5.74, 6) is 0.766. The third-order valence-electron chi connectivity index (χ3n) is 3.38. The zero-order chi connectivity index (χ0) is 13.0. The molecule has 1 atom stereocenters. The molecule has 0 aromatic heterocycles. The maximum Gasteiger partial charge on any atom is -0.0623 e. The van der Waals surface area contributed by atoms with E-state index in [1.807, 2.05) is 6.07 Å². The van der Waals surface area contributed by atoms with Crippen LogP contribution in [0.5, 0.6) is 5.75 Å². The van der Waals surface area contributed by atoms with Gasteiger partial charge in [0.15, 0.2) is 0 Å². The Morgan fingerprint density at radius 3 is 1.58 bits per heavy atom. The number of allylic oxidation sites excluding steroid dienone is 4. The van der Waals surface area contributed by atoms with Crippen molar-refractivity contribution in [3.05, 3.63) is 50.9 Å². The van der Waals surface area contributed by atoms with Crippen LogP contribution in [0.4, 0.5) is 0 Å². The molecule has 1 nitrogen and oxygen atoms in total. The van der Waals surface area contributed by atoms with E-state index in [-0.39, 0.29) is 30.6 Å². The summed E-state index contributed by atoms with van der Waals surface area (Å²) in [7, 11) is 0. The fraction of sp³-hybridized carbons (Fsp3) is 0.333. The summed E-state index contributed by atoms with van der Waals surface area (Å²) in [6.45, 7) is 8.96. The molecule has 0 amide bonds.